The first-order chi connectivity index (χ1) is 8.10. The van der Waals surface area contributed by atoms with Crippen LogP contribution in [0.3, 0.4) is 0 Å². The van der Waals surface area contributed by atoms with E-state index in [1.807, 2.05) is 0 Å². The van der Waals surface area contributed by atoms with Crippen LogP contribution in [-0.4, -0.2) is 18.5 Å². The smallest absolute Gasteiger partial charge is 0.356 e. The van der Waals surface area contributed by atoms with Crippen LogP contribution >= 0.6 is 15.9 Å². The van der Waals surface area contributed by atoms with Crippen molar-refractivity contribution in [2.75, 3.05) is 0 Å². The molecule has 0 spiro atoms. The molecule has 102 valence electrons. The van der Waals surface area contributed by atoms with Gasteiger partial charge in [0.15, 0.2) is 0 Å². The lowest BCUT2D eigenvalue weighted by atomic mass is 10.2. The Morgan fingerprint density at radius 1 is 0.944 bits per heavy atom. The topological polar surface area (TPSA) is 9.23 Å². The minimum absolute atomic E-state index is 0.219. The van der Waals surface area contributed by atoms with Gasteiger partial charge in [-0.1, -0.05) is 28.1 Å². The average molecular weight is 337 g/mol. The van der Waals surface area contributed by atoms with Gasteiger partial charge in [-0.05, 0) is 17.7 Å². The molecule has 0 unspecified atom stereocenters. The molecular formula is C10H7BrF6O. The lowest BCUT2D eigenvalue weighted by molar-refractivity contribution is -0.324. The van der Waals surface area contributed by atoms with E-state index in [0.717, 1.165) is 0 Å². The third-order valence-corrected chi connectivity index (χ3v) is 2.45. The molecule has 0 amide bonds. The molecule has 0 saturated heterocycles. The van der Waals surface area contributed by atoms with Gasteiger partial charge >= 0.3 is 12.4 Å². The summed E-state index contributed by atoms with van der Waals surface area (Å²) in [7, 11) is 0. The quantitative estimate of drug-likeness (QED) is 0.740. The molecule has 0 atom stereocenters. The van der Waals surface area contributed by atoms with E-state index < -0.39 is 25.1 Å². The number of rotatable bonds is 3. The third-order valence-electron chi connectivity index (χ3n) is 1.92. The summed E-state index contributed by atoms with van der Waals surface area (Å²) in [5, 5.41) is 0. The Balaban J connectivity index is 2.72. The lowest BCUT2D eigenvalue weighted by Gasteiger charge is -2.23. The largest absolute Gasteiger partial charge is 0.423 e. The first-order valence-corrected chi connectivity index (χ1v) is 5.39. The Labute approximate surface area is 107 Å². The minimum atomic E-state index is -5.48. The highest BCUT2D eigenvalue weighted by Crippen LogP contribution is 2.36. The summed E-state index contributed by atoms with van der Waals surface area (Å²) in [6, 6.07) is 5.73. The van der Waals surface area contributed by atoms with Crippen molar-refractivity contribution in [3.63, 3.8) is 0 Å². The molecule has 1 aromatic carbocycles. The fourth-order valence-electron chi connectivity index (χ4n) is 1.13. The van der Waals surface area contributed by atoms with Crippen LogP contribution in [0.25, 0.3) is 0 Å². The van der Waals surface area contributed by atoms with Crippen LogP contribution in [0.4, 0.5) is 26.3 Å². The van der Waals surface area contributed by atoms with E-state index >= 15 is 0 Å². The predicted molar refractivity (Wildman–Crippen MR) is 54.8 cm³/mol. The summed E-state index contributed by atoms with van der Waals surface area (Å²) in [6.45, 7) is -0.767. The van der Waals surface area contributed by atoms with Gasteiger partial charge in [0.25, 0.3) is 0 Å². The van der Waals surface area contributed by atoms with Crippen molar-refractivity contribution in [3.8, 4) is 0 Å². The highest BCUT2D eigenvalue weighted by atomic mass is 79.9. The zero-order valence-electron chi connectivity index (χ0n) is 8.65. The molecule has 18 heavy (non-hydrogen) atoms. The SMILES string of the molecule is FC(F)(F)C(OCc1ccc(Br)cc1)C(F)(F)F. The fraction of sp³-hybridized carbons (Fsp3) is 0.400. The molecule has 0 aliphatic rings. The van der Waals surface area contributed by atoms with Gasteiger partial charge in [-0.25, -0.2) is 0 Å². The molecule has 0 aliphatic heterocycles. The molecule has 8 heteroatoms. The highest BCUT2D eigenvalue weighted by Gasteiger charge is 2.57. The van der Waals surface area contributed by atoms with Crippen LogP contribution in [0.15, 0.2) is 28.7 Å². The Morgan fingerprint density at radius 2 is 1.39 bits per heavy atom. The summed E-state index contributed by atoms with van der Waals surface area (Å²) in [5.74, 6) is 0. The molecule has 0 aromatic heterocycles. The van der Waals surface area contributed by atoms with Crippen molar-refractivity contribution in [3.05, 3.63) is 34.3 Å². The molecular weight excluding hydrogens is 330 g/mol. The van der Waals surface area contributed by atoms with Crippen molar-refractivity contribution >= 4 is 15.9 Å². The second-order valence-corrected chi connectivity index (χ2v) is 4.32. The van der Waals surface area contributed by atoms with E-state index in [0.29, 0.717) is 4.47 Å². The normalized spacial score (nSPS) is 13.1. The zero-order chi connectivity index (χ0) is 14.0. The van der Waals surface area contributed by atoms with E-state index in [1.165, 1.54) is 24.3 Å². The van der Waals surface area contributed by atoms with Gasteiger partial charge in [-0.3, -0.25) is 0 Å². The maximum Gasteiger partial charge on any atom is 0.423 e. The highest BCUT2D eigenvalue weighted by molar-refractivity contribution is 9.10. The van der Waals surface area contributed by atoms with Crippen LogP contribution < -0.4 is 0 Å². The minimum Gasteiger partial charge on any atom is -0.356 e. The maximum atomic E-state index is 12.1. The van der Waals surface area contributed by atoms with Crippen molar-refractivity contribution in [2.45, 2.75) is 25.1 Å². The van der Waals surface area contributed by atoms with Crippen molar-refractivity contribution in [2.24, 2.45) is 0 Å². The summed E-state index contributed by atoms with van der Waals surface area (Å²) in [4.78, 5) is 0. The Bertz CT molecular complexity index is 369. The molecule has 0 heterocycles. The first kappa shape index (κ1) is 15.3. The molecule has 0 N–H and O–H groups in total. The van der Waals surface area contributed by atoms with Gasteiger partial charge in [0.05, 0.1) is 6.61 Å². The Morgan fingerprint density at radius 3 is 1.78 bits per heavy atom. The van der Waals surface area contributed by atoms with E-state index in [4.69, 9.17) is 0 Å². The second-order valence-electron chi connectivity index (χ2n) is 3.40. The zero-order valence-corrected chi connectivity index (χ0v) is 10.2. The second kappa shape index (κ2) is 5.48. The maximum absolute atomic E-state index is 12.1. The number of ether oxygens (including phenoxy) is 1. The summed E-state index contributed by atoms with van der Waals surface area (Å²) in [6.07, 6.45) is -14.7. The molecule has 1 rings (SSSR count). The summed E-state index contributed by atoms with van der Waals surface area (Å²) in [5.41, 5.74) is 0.219. The van der Waals surface area contributed by atoms with Gasteiger partial charge in [-0.2, -0.15) is 26.3 Å². The Kier molecular flexibility index (Phi) is 4.66. The summed E-state index contributed by atoms with van der Waals surface area (Å²) >= 11 is 3.09. The molecule has 0 saturated carbocycles. The van der Waals surface area contributed by atoms with Gasteiger partial charge in [0, 0.05) is 4.47 Å². The van der Waals surface area contributed by atoms with Gasteiger partial charge < -0.3 is 4.74 Å². The van der Waals surface area contributed by atoms with Gasteiger partial charge in [0.2, 0.25) is 6.10 Å². The van der Waals surface area contributed by atoms with E-state index in [1.54, 1.807) is 0 Å². The molecule has 1 nitrogen and oxygen atoms in total. The van der Waals surface area contributed by atoms with Gasteiger partial charge in [0.1, 0.15) is 0 Å². The predicted octanol–water partition coefficient (Wildman–Crippen LogP) is 4.46. The fourth-order valence-corrected chi connectivity index (χ4v) is 1.40. The van der Waals surface area contributed by atoms with Crippen LogP contribution in [-0.2, 0) is 11.3 Å². The van der Waals surface area contributed by atoms with E-state index in [-0.39, 0.29) is 5.56 Å². The Hall–Kier alpha value is -0.760. The summed E-state index contributed by atoms with van der Waals surface area (Å²) < 4.78 is 77.4. The lowest BCUT2D eigenvalue weighted by Crippen LogP contribution is -2.44. The number of hydrogen-bond donors (Lipinski definition) is 0. The van der Waals surface area contributed by atoms with Crippen LogP contribution in [0, 0.1) is 0 Å². The standard InChI is InChI=1S/C10H7BrF6O/c11-7-3-1-6(2-4-7)5-18-8(9(12,13)14)10(15,16)17/h1-4,8H,5H2. The number of alkyl halides is 6. The number of benzene rings is 1. The molecule has 0 aliphatic carbocycles. The van der Waals surface area contributed by atoms with E-state index in [2.05, 4.69) is 20.7 Å². The molecule has 0 fully saturated rings. The van der Waals surface area contributed by atoms with Crippen LogP contribution in [0.5, 0.6) is 0 Å². The molecule has 0 radical (unpaired) electrons. The molecule has 0 bridgehead atoms. The average Bonchev–Trinajstić information content (AvgIpc) is 2.17. The van der Waals surface area contributed by atoms with Crippen LogP contribution in [0.2, 0.25) is 0 Å². The monoisotopic (exact) mass is 336 g/mol. The van der Waals surface area contributed by atoms with Crippen molar-refractivity contribution in [1.82, 2.24) is 0 Å². The first-order valence-electron chi connectivity index (χ1n) is 4.60. The molecule has 1 aromatic rings. The van der Waals surface area contributed by atoms with Crippen molar-refractivity contribution < 1.29 is 31.1 Å². The third kappa shape index (κ3) is 4.49. The number of hydrogen-bond acceptors (Lipinski definition) is 1. The van der Waals surface area contributed by atoms with Gasteiger partial charge in [-0.15, -0.1) is 0 Å². The number of halogens is 7. The van der Waals surface area contributed by atoms with E-state index in [9.17, 15) is 26.3 Å². The van der Waals surface area contributed by atoms with Crippen LogP contribution in [0.1, 0.15) is 5.56 Å². The van der Waals surface area contributed by atoms with Crippen molar-refractivity contribution in [1.29, 1.82) is 0 Å².